The Morgan fingerprint density at radius 1 is 1.06 bits per heavy atom. The Morgan fingerprint density at radius 3 is 2.50 bits per heavy atom. The number of benzene rings is 2. The first-order valence-electron chi connectivity index (χ1n) is 10.6. The number of hydrogen-bond acceptors (Lipinski definition) is 5. The number of amides is 1. The van der Waals surface area contributed by atoms with Gasteiger partial charge in [0.25, 0.3) is 5.91 Å². The predicted octanol–water partition coefficient (Wildman–Crippen LogP) is 4.72. The lowest BCUT2D eigenvalue weighted by molar-refractivity contribution is -0.137. The number of nitrogens with zero attached hydrogens (tertiary/aromatic N) is 3. The highest BCUT2D eigenvalue weighted by molar-refractivity contribution is 6.31. The number of fused-ring (bicyclic) bond motifs is 1. The molecule has 3 aromatic rings. The molecule has 0 N–H and O–H groups in total. The van der Waals surface area contributed by atoms with Crippen molar-refractivity contribution in [3.8, 4) is 0 Å². The second-order valence-corrected chi connectivity index (χ2v) is 8.39. The molecule has 2 heterocycles. The molecule has 0 radical (unpaired) electrons. The predicted molar refractivity (Wildman–Crippen MR) is 122 cm³/mol. The van der Waals surface area contributed by atoms with E-state index in [1.165, 1.54) is 11.0 Å². The van der Waals surface area contributed by atoms with Crippen molar-refractivity contribution in [3.05, 3.63) is 70.4 Å². The number of carbonyl (C=O) groups excluding carboxylic acids is 2. The molecule has 1 fully saturated rings. The molecule has 1 amide bonds. The Kier molecular flexibility index (Phi) is 6.65. The molecule has 0 saturated carbocycles. The summed E-state index contributed by atoms with van der Waals surface area (Å²) >= 11 is 6.01. The Balaban J connectivity index is 1.34. The summed E-state index contributed by atoms with van der Waals surface area (Å²) in [5.74, 6) is -1.03. The maximum absolute atomic E-state index is 13.0. The van der Waals surface area contributed by atoms with Crippen LogP contribution in [0.4, 0.5) is 18.9 Å². The van der Waals surface area contributed by atoms with Gasteiger partial charge < -0.3 is 14.5 Å². The minimum Gasteiger partial charge on any atom is -0.452 e. The monoisotopic (exact) mass is 491 g/mol. The van der Waals surface area contributed by atoms with Crippen LogP contribution in [0, 0.1) is 6.92 Å². The Hall–Kier alpha value is -3.33. The SMILES string of the molecule is Cc1nc2ccc(Cl)cc2cc1C(=O)OCC(=O)N1CCN(c2cccc(C(F)(F)F)c2)CC1. The zero-order valence-corrected chi connectivity index (χ0v) is 19.0. The standard InChI is InChI=1S/C24H21ClF3N3O3/c1-15-20(12-16-11-18(25)5-6-21(16)29-15)23(33)34-14-22(32)31-9-7-30(8-10-31)19-4-2-3-17(13-19)24(26,27)28/h2-6,11-13H,7-10,14H2,1H3. The lowest BCUT2D eigenvalue weighted by Crippen LogP contribution is -2.50. The first-order valence-corrected chi connectivity index (χ1v) is 10.9. The number of piperazine rings is 1. The van der Waals surface area contributed by atoms with Gasteiger partial charge in [-0.05, 0) is 49.4 Å². The Bertz CT molecular complexity index is 1240. The third-order valence-electron chi connectivity index (χ3n) is 5.69. The average Bonchev–Trinajstić information content (AvgIpc) is 2.82. The molecule has 4 rings (SSSR count). The number of esters is 1. The Morgan fingerprint density at radius 2 is 1.79 bits per heavy atom. The molecule has 0 bridgehead atoms. The zero-order valence-electron chi connectivity index (χ0n) is 18.2. The van der Waals surface area contributed by atoms with Crippen LogP contribution in [0.25, 0.3) is 10.9 Å². The third-order valence-corrected chi connectivity index (χ3v) is 5.92. The van der Waals surface area contributed by atoms with E-state index in [0.717, 1.165) is 12.1 Å². The van der Waals surface area contributed by atoms with Gasteiger partial charge in [-0.25, -0.2) is 4.79 Å². The van der Waals surface area contributed by atoms with Crippen LogP contribution in [-0.2, 0) is 15.7 Å². The zero-order chi connectivity index (χ0) is 24.5. The lowest BCUT2D eigenvalue weighted by Gasteiger charge is -2.36. The second kappa shape index (κ2) is 9.50. The number of aromatic nitrogens is 1. The van der Waals surface area contributed by atoms with Crippen LogP contribution in [0.1, 0.15) is 21.6 Å². The van der Waals surface area contributed by atoms with Crippen molar-refractivity contribution in [3.63, 3.8) is 0 Å². The van der Waals surface area contributed by atoms with Gasteiger partial charge in [-0.3, -0.25) is 9.78 Å². The van der Waals surface area contributed by atoms with Crippen molar-refractivity contribution < 1.29 is 27.5 Å². The number of halogens is 4. The van der Waals surface area contributed by atoms with E-state index in [1.807, 2.05) is 0 Å². The fourth-order valence-electron chi connectivity index (χ4n) is 3.84. The fourth-order valence-corrected chi connectivity index (χ4v) is 4.02. The van der Waals surface area contributed by atoms with E-state index in [-0.39, 0.29) is 11.5 Å². The van der Waals surface area contributed by atoms with Gasteiger partial charge in [-0.15, -0.1) is 0 Å². The topological polar surface area (TPSA) is 62.7 Å². The van der Waals surface area contributed by atoms with Crippen LogP contribution >= 0.6 is 11.6 Å². The maximum Gasteiger partial charge on any atom is 0.416 e. The number of hydrogen-bond donors (Lipinski definition) is 0. The molecule has 0 aliphatic carbocycles. The lowest BCUT2D eigenvalue weighted by atomic mass is 10.1. The highest BCUT2D eigenvalue weighted by Gasteiger charge is 2.31. The number of rotatable bonds is 4. The molecule has 6 nitrogen and oxygen atoms in total. The van der Waals surface area contributed by atoms with Gasteiger partial charge in [0, 0.05) is 42.3 Å². The highest BCUT2D eigenvalue weighted by Crippen LogP contribution is 2.32. The largest absolute Gasteiger partial charge is 0.452 e. The second-order valence-electron chi connectivity index (χ2n) is 7.95. The smallest absolute Gasteiger partial charge is 0.416 e. The molecule has 0 atom stereocenters. The van der Waals surface area contributed by atoms with Crippen molar-refractivity contribution in [2.45, 2.75) is 13.1 Å². The summed E-state index contributed by atoms with van der Waals surface area (Å²) in [6.45, 7) is 2.60. The van der Waals surface area contributed by atoms with Crippen molar-refractivity contribution in [2.24, 2.45) is 0 Å². The molecule has 0 spiro atoms. The first-order chi connectivity index (χ1) is 16.1. The minimum absolute atomic E-state index is 0.247. The summed E-state index contributed by atoms with van der Waals surface area (Å²) < 4.78 is 44.1. The van der Waals surface area contributed by atoms with E-state index in [9.17, 15) is 22.8 Å². The summed E-state index contributed by atoms with van der Waals surface area (Å²) in [4.78, 5) is 32.8. The molecule has 10 heteroatoms. The summed E-state index contributed by atoms with van der Waals surface area (Å²) in [7, 11) is 0. The maximum atomic E-state index is 13.0. The molecule has 1 aromatic heterocycles. The van der Waals surface area contributed by atoms with Crippen LogP contribution in [0.5, 0.6) is 0 Å². The first kappa shape index (κ1) is 23.8. The quantitative estimate of drug-likeness (QED) is 0.494. The molecular weight excluding hydrogens is 471 g/mol. The van der Waals surface area contributed by atoms with Crippen LogP contribution < -0.4 is 4.90 Å². The molecule has 34 heavy (non-hydrogen) atoms. The van der Waals surface area contributed by atoms with Crippen LogP contribution in [0.2, 0.25) is 5.02 Å². The molecule has 1 aliphatic rings. The van der Waals surface area contributed by atoms with Gasteiger partial charge in [0.15, 0.2) is 6.61 Å². The van der Waals surface area contributed by atoms with Crippen LogP contribution in [-0.4, -0.2) is 54.5 Å². The van der Waals surface area contributed by atoms with Crippen molar-refractivity contribution in [1.29, 1.82) is 0 Å². The van der Waals surface area contributed by atoms with E-state index >= 15 is 0 Å². The molecule has 0 unspecified atom stereocenters. The van der Waals surface area contributed by atoms with Crippen molar-refractivity contribution in [2.75, 3.05) is 37.7 Å². The Labute approximate surface area is 198 Å². The van der Waals surface area contributed by atoms with Crippen molar-refractivity contribution >= 4 is 40.1 Å². The van der Waals surface area contributed by atoms with Gasteiger partial charge in [-0.1, -0.05) is 17.7 Å². The van der Waals surface area contributed by atoms with E-state index in [4.69, 9.17) is 16.3 Å². The third kappa shape index (κ3) is 5.25. The van der Waals surface area contributed by atoms with E-state index in [2.05, 4.69) is 4.98 Å². The normalized spacial score (nSPS) is 14.4. The van der Waals surface area contributed by atoms with E-state index in [0.29, 0.717) is 53.5 Å². The molecular formula is C24H21ClF3N3O3. The van der Waals surface area contributed by atoms with Gasteiger partial charge >= 0.3 is 12.1 Å². The van der Waals surface area contributed by atoms with Crippen molar-refractivity contribution in [1.82, 2.24) is 9.88 Å². The van der Waals surface area contributed by atoms with Gasteiger partial charge in [0.05, 0.1) is 22.3 Å². The summed E-state index contributed by atoms with van der Waals surface area (Å²) in [6.07, 6.45) is -4.41. The molecule has 178 valence electrons. The molecule has 1 saturated heterocycles. The number of aryl methyl sites for hydroxylation is 1. The van der Waals surface area contributed by atoms with Gasteiger partial charge in [0.2, 0.25) is 0 Å². The number of ether oxygens (including phenoxy) is 1. The van der Waals surface area contributed by atoms with Gasteiger partial charge in [-0.2, -0.15) is 13.2 Å². The average molecular weight is 492 g/mol. The van der Waals surface area contributed by atoms with Crippen LogP contribution in [0.15, 0.2) is 48.5 Å². The van der Waals surface area contributed by atoms with Gasteiger partial charge in [0.1, 0.15) is 0 Å². The highest BCUT2D eigenvalue weighted by atomic mass is 35.5. The van der Waals surface area contributed by atoms with E-state index in [1.54, 1.807) is 42.2 Å². The number of anilines is 1. The number of alkyl halides is 3. The van der Waals surface area contributed by atoms with Crippen LogP contribution in [0.3, 0.4) is 0 Å². The summed E-state index contributed by atoms with van der Waals surface area (Å²) in [5.41, 5.74) is 1.15. The minimum atomic E-state index is -4.41. The fraction of sp³-hybridized carbons (Fsp3) is 0.292. The van der Waals surface area contributed by atoms with E-state index < -0.39 is 24.3 Å². The summed E-state index contributed by atoms with van der Waals surface area (Å²) in [5, 5.41) is 1.19. The molecule has 2 aromatic carbocycles. The molecule has 1 aliphatic heterocycles. The number of pyridine rings is 1. The summed E-state index contributed by atoms with van der Waals surface area (Å²) in [6, 6.07) is 11.9. The number of carbonyl (C=O) groups is 2.